The summed E-state index contributed by atoms with van der Waals surface area (Å²) >= 11 is 0. The van der Waals surface area contributed by atoms with Crippen molar-refractivity contribution in [3.05, 3.63) is 29.8 Å². The van der Waals surface area contributed by atoms with Crippen LogP contribution in [-0.2, 0) is 20.8 Å². The first-order valence-corrected chi connectivity index (χ1v) is 14.8. The minimum absolute atomic E-state index is 0.106. The van der Waals surface area contributed by atoms with Crippen LogP contribution in [0.25, 0.3) is 0 Å². The van der Waals surface area contributed by atoms with Gasteiger partial charge in [0.05, 0.1) is 13.2 Å². The number of rotatable bonds is 9. The number of primary amides is 1. The van der Waals surface area contributed by atoms with Crippen LogP contribution in [0.1, 0.15) is 70.8 Å². The minimum Gasteiger partial charge on any atom is -0.493 e. The molecule has 0 bridgehead atoms. The van der Waals surface area contributed by atoms with E-state index in [4.69, 9.17) is 10.5 Å². The number of hydrogen-bond acceptors (Lipinski definition) is 6. The van der Waals surface area contributed by atoms with Gasteiger partial charge in [-0.2, -0.15) is 0 Å². The Hall–Kier alpha value is -2.65. The summed E-state index contributed by atoms with van der Waals surface area (Å²) in [5.74, 6) is 0.268. The summed E-state index contributed by atoms with van der Waals surface area (Å²) in [6, 6.07) is 6.97. The third-order valence-electron chi connectivity index (χ3n) is 7.64. The van der Waals surface area contributed by atoms with E-state index in [1.165, 1.54) is 16.9 Å². The zero-order valence-electron chi connectivity index (χ0n) is 24.5. The molecule has 220 valence electrons. The van der Waals surface area contributed by atoms with Gasteiger partial charge in [-0.05, 0) is 76.2 Å². The van der Waals surface area contributed by atoms with Gasteiger partial charge in [0, 0.05) is 13.6 Å². The number of fused-ring (bicyclic) bond motifs is 1. The van der Waals surface area contributed by atoms with Gasteiger partial charge in [0.1, 0.15) is 17.8 Å². The summed E-state index contributed by atoms with van der Waals surface area (Å²) in [5.41, 5.74) is 6.98. The monoisotopic (exact) mass is 545 g/mol. The fourth-order valence-corrected chi connectivity index (χ4v) is 5.52. The van der Waals surface area contributed by atoms with Crippen molar-refractivity contribution in [2.24, 2.45) is 11.7 Å². The summed E-state index contributed by atoms with van der Waals surface area (Å²) in [6.07, 6.45) is 9.67. The van der Waals surface area contributed by atoms with E-state index in [1.54, 1.807) is 14.1 Å². The lowest BCUT2D eigenvalue weighted by Gasteiger charge is -2.36. The molecular weight excluding hydrogens is 494 g/mol. The lowest BCUT2D eigenvalue weighted by atomic mass is 9.83. The molecule has 1 aromatic carbocycles. The average Bonchev–Trinajstić information content (AvgIpc) is 3.49. The first-order valence-electron chi connectivity index (χ1n) is 14.8. The number of nitrogens with one attached hydrogen (secondary N) is 2. The zero-order valence-corrected chi connectivity index (χ0v) is 24.5. The van der Waals surface area contributed by atoms with Gasteiger partial charge in [-0.25, -0.2) is 0 Å². The summed E-state index contributed by atoms with van der Waals surface area (Å²) in [4.78, 5) is 41.1. The van der Waals surface area contributed by atoms with Crippen molar-refractivity contribution in [1.29, 1.82) is 0 Å². The molecule has 0 radical (unpaired) electrons. The van der Waals surface area contributed by atoms with E-state index in [1.807, 2.05) is 26.0 Å². The second-order valence-corrected chi connectivity index (χ2v) is 10.4. The number of para-hydroxylation sites is 1. The van der Waals surface area contributed by atoms with Gasteiger partial charge in [0.15, 0.2) is 0 Å². The van der Waals surface area contributed by atoms with Crippen LogP contribution in [0.15, 0.2) is 24.3 Å². The highest BCUT2D eigenvalue weighted by molar-refractivity contribution is 5.92. The lowest BCUT2D eigenvalue weighted by molar-refractivity contribution is -0.143. The van der Waals surface area contributed by atoms with Gasteiger partial charge in [-0.1, -0.05) is 51.3 Å². The summed E-state index contributed by atoms with van der Waals surface area (Å²) in [5, 5.41) is 5.71. The Balaban J connectivity index is 0.000000365. The number of carbonyl (C=O) groups is 3. The SMILES string of the molecule is CC.CNCC(=O)NC(C(=O)N(C)C(CN1CCCC1)C(N)=O)C1CCCCC1.c1ccc2c(c1)CCCO2. The molecule has 4 rings (SSSR count). The highest BCUT2D eigenvalue weighted by atomic mass is 16.5. The van der Waals surface area contributed by atoms with Crippen LogP contribution in [0.2, 0.25) is 0 Å². The van der Waals surface area contributed by atoms with Crippen molar-refractivity contribution in [2.45, 2.75) is 83.7 Å². The molecule has 4 N–H and O–H groups in total. The average molecular weight is 546 g/mol. The fraction of sp³-hybridized carbons (Fsp3) is 0.700. The Kier molecular flexibility index (Phi) is 14.9. The molecule has 2 unspecified atom stereocenters. The van der Waals surface area contributed by atoms with Crippen LogP contribution >= 0.6 is 0 Å². The molecule has 0 spiro atoms. The predicted octanol–water partition coefficient (Wildman–Crippen LogP) is 2.72. The molecule has 1 aromatic rings. The molecule has 9 heteroatoms. The van der Waals surface area contributed by atoms with Gasteiger partial charge in [-0.3, -0.25) is 14.4 Å². The number of ether oxygens (including phenoxy) is 1. The fourth-order valence-electron chi connectivity index (χ4n) is 5.52. The number of carbonyl (C=O) groups excluding carboxylic acids is 3. The number of benzene rings is 1. The van der Waals surface area contributed by atoms with Gasteiger partial charge in [0.2, 0.25) is 17.7 Å². The summed E-state index contributed by atoms with van der Waals surface area (Å²) in [7, 11) is 3.33. The Morgan fingerprint density at radius 3 is 2.33 bits per heavy atom. The molecule has 1 saturated heterocycles. The second kappa shape index (κ2) is 17.8. The number of likely N-dealkylation sites (tertiary alicyclic amines) is 1. The van der Waals surface area contributed by atoms with Crippen LogP contribution in [-0.4, -0.2) is 86.5 Å². The second-order valence-electron chi connectivity index (χ2n) is 10.4. The number of amides is 3. The molecule has 9 nitrogen and oxygen atoms in total. The standard InChI is InChI=1S/C19H35N5O3.C9H10O.C2H6/c1-21-12-16(25)22-17(14-8-4-3-5-9-14)19(27)23(2)15(18(20)26)13-24-10-6-7-11-24;1-2-6-9-8(4-1)5-3-7-10-9;1-2/h14-15,17,21H,3-13H2,1-2H3,(H2,20,26)(H,22,25);1-2,4,6H,3,5,7H2;1-2H3. The number of aryl methyl sites for hydroxylation is 1. The van der Waals surface area contributed by atoms with E-state index in [2.05, 4.69) is 27.7 Å². The van der Waals surface area contributed by atoms with Gasteiger partial charge < -0.3 is 30.9 Å². The number of nitrogens with zero attached hydrogens (tertiary/aromatic N) is 2. The molecule has 1 aliphatic carbocycles. The molecule has 2 heterocycles. The van der Waals surface area contributed by atoms with Crippen LogP contribution in [0.4, 0.5) is 0 Å². The molecule has 0 aromatic heterocycles. The molecule has 3 aliphatic rings. The van der Waals surface area contributed by atoms with Gasteiger partial charge in [0.25, 0.3) is 0 Å². The third-order valence-corrected chi connectivity index (χ3v) is 7.64. The van der Waals surface area contributed by atoms with Gasteiger partial charge in [-0.15, -0.1) is 0 Å². The van der Waals surface area contributed by atoms with Crippen molar-refractivity contribution in [1.82, 2.24) is 20.4 Å². The molecule has 1 saturated carbocycles. The van der Waals surface area contributed by atoms with Crippen LogP contribution in [0, 0.1) is 5.92 Å². The van der Waals surface area contributed by atoms with Crippen LogP contribution < -0.4 is 21.1 Å². The van der Waals surface area contributed by atoms with Crippen molar-refractivity contribution in [2.75, 3.05) is 46.9 Å². The Labute approximate surface area is 235 Å². The minimum atomic E-state index is -0.678. The first-order chi connectivity index (χ1) is 18.9. The molecule has 39 heavy (non-hydrogen) atoms. The Morgan fingerprint density at radius 1 is 1.05 bits per heavy atom. The smallest absolute Gasteiger partial charge is 0.245 e. The number of nitrogens with two attached hydrogens (primary N) is 1. The van der Waals surface area contributed by atoms with E-state index in [-0.39, 0.29) is 24.3 Å². The lowest BCUT2D eigenvalue weighted by Crippen LogP contribution is -2.59. The summed E-state index contributed by atoms with van der Waals surface area (Å²) in [6.45, 7) is 7.36. The normalized spacial score (nSPS) is 18.6. The van der Waals surface area contributed by atoms with E-state index in [0.717, 1.165) is 76.8 Å². The number of likely N-dealkylation sites (N-methyl/N-ethyl adjacent to an activating group) is 2. The van der Waals surface area contributed by atoms with Crippen molar-refractivity contribution in [3.63, 3.8) is 0 Å². The maximum absolute atomic E-state index is 13.3. The number of hydrogen-bond donors (Lipinski definition) is 3. The van der Waals surface area contributed by atoms with Crippen LogP contribution in [0.3, 0.4) is 0 Å². The first kappa shape index (κ1) is 32.6. The molecular formula is C30H51N5O4. The Bertz CT molecular complexity index is 859. The highest BCUT2D eigenvalue weighted by Crippen LogP contribution is 2.28. The van der Waals surface area contributed by atoms with Crippen LogP contribution in [0.5, 0.6) is 5.75 Å². The van der Waals surface area contributed by atoms with Gasteiger partial charge >= 0.3 is 0 Å². The molecule has 3 amide bonds. The van der Waals surface area contributed by atoms with E-state index in [9.17, 15) is 14.4 Å². The highest BCUT2D eigenvalue weighted by Gasteiger charge is 2.37. The van der Waals surface area contributed by atoms with Crippen molar-refractivity contribution < 1.29 is 19.1 Å². The molecule has 2 fully saturated rings. The quantitative estimate of drug-likeness (QED) is 0.439. The largest absolute Gasteiger partial charge is 0.493 e. The molecule has 2 atom stereocenters. The van der Waals surface area contributed by atoms with E-state index in [0.29, 0.717) is 6.54 Å². The maximum atomic E-state index is 13.3. The zero-order chi connectivity index (χ0) is 28.6. The molecule has 2 aliphatic heterocycles. The maximum Gasteiger partial charge on any atom is 0.245 e. The van der Waals surface area contributed by atoms with E-state index < -0.39 is 18.0 Å². The Morgan fingerprint density at radius 2 is 1.72 bits per heavy atom. The predicted molar refractivity (Wildman–Crippen MR) is 155 cm³/mol. The van der Waals surface area contributed by atoms with Crippen molar-refractivity contribution >= 4 is 17.7 Å². The summed E-state index contributed by atoms with van der Waals surface area (Å²) < 4.78 is 5.42. The topological polar surface area (TPSA) is 117 Å². The van der Waals surface area contributed by atoms with Crippen molar-refractivity contribution in [3.8, 4) is 5.75 Å². The van der Waals surface area contributed by atoms with E-state index >= 15 is 0 Å². The third kappa shape index (κ3) is 10.4.